The molecule has 2 N–H and O–H groups in total. The van der Waals surface area contributed by atoms with Gasteiger partial charge in [0.1, 0.15) is 11.9 Å². The minimum atomic E-state index is -0.929. The molecule has 0 saturated carbocycles. The number of nitrogens with one attached hydrogen (secondary N) is 2. The fourth-order valence-corrected chi connectivity index (χ4v) is 3.61. The standard InChI is InChI=1S/C21H16FN3O5/c22-12-6-4-11(5-7-12)18(27)20(29)23-15-3-1-2-13-14(15)10-25(21(13)30)16-8-9-17(26)24-19(16)28/h1-7,16H,8-10H2,(H,23,29)(H,24,26,28). The number of ketones is 1. The van der Waals surface area contributed by atoms with Crippen molar-refractivity contribution < 1.29 is 28.4 Å². The van der Waals surface area contributed by atoms with Crippen molar-refractivity contribution in [1.82, 2.24) is 10.2 Å². The predicted molar refractivity (Wildman–Crippen MR) is 102 cm³/mol. The number of hydrogen-bond donors (Lipinski definition) is 2. The van der Waals surface area contributed by atoms with E-state index in [0.29, 0.717) is 11.1 Å². The molecule has 8 nitrogen and oxygen atoms in total. The summed E-state index contributed by atoms with van der Waals surface area (Å²) in [7, 11) is 0. The molecule has 1 saturated heterocycles. The molecular weight excluding hydrogens is 393 g/mol. The molecule has 0 bridgehead atoms. The molecule has 4 amide bonds. The highest BCUT2D eigenvalue weighted by Gasteiger charge is 2.40. The lowest BCUT2D eigenvalue weighted by atomic mass is 10.0. The number of Topliss-reactive ketones (excluding diaryl/α,β-unsaturated/α-hetero) is 1. The zero-order valence-corrected chi connectivity index (χ0v) is 15.6. The molecular formula is C21H16FN3O5. The predicted octanol–water partition coefficient (Wildman–Crippen LogP) is 1.41. The zero-order chi connectivity index (χ0) is 21.4. The van der Waals surface area contributed by atoms with Gasteiger partial charge < -0.3 is 10.2 Å². The maximum absolute atomic E-state index is 13.0. The number of piperidine rings is 1. The van der Waals surface area contributed by atoms with Crippen molar-refractivity contribution in [1.29, 1.82) is 0 Å². The monoisotopic (exact) mass is 409 g/mol. The number of nitrogens with zero attached hydrogens (tertiary/aromatic N) is 1. The van der Waals surface area contributed by atoms with E-state index in [0.717, 1.165) is 12.1 Å². The van der Waals surface area contributed by atoms with Crippen LogP contribution in [0.4, 0.5) is 10.1 Å². The molecule has 0 aliphatic carbocycles. The van der Waals surface area contributed by atoms with E-state index < -0.39 is 29.5 Å². The SMILES string of the molecule is O=C1CCC(N2Cc3c(NC(=O)C(=O)c4ccc(F)cc4)cccc3C2=O)C(=O)N1. The maximum Gasteiger partial charge on any atom is 0.296 e. The average molecular weight is 409 g/mol. The summed E-state index contributed by atoms with van der Waals surface area (Å²) in [6.45, 7) is 0.0572. The van der Waals surface area contributed by atoms with E-state index in [1.807, 2.05) is 0 Å². The van der Waals surface area contributed by atoms with Crippen LogP contribution < -0.4 is 10.6 Å². The maximum atomic E-state index is 13.0. The molecule has 2 aromatic carbocycles. The molecule has 0 spiro atoms. The summed E-state index contributed by atoms with van der Waals surface area (Å²) in [5.41, 5.74) is 1.10. The first kappa shape index (κ1) is 19.4. The fraction of sp³-hybridized carbons (Fsp3) is 0.190. The first-order valence-corrected chi connectivity index (χ1v) is 9.23. The highest BCUT2D eigenvalue weighted by molar-refractivity contribution is 6.46. The molecule has 9 heteroatoms. The summed E-state index contributed by atoms with van der Waals surface area (Å²) in [5.74, 6) is -3.61. The van der Waals surface area contributed by atoms with Crippen LogP contribution >= 0.6 is 0 Å². The van der Waals surface area contributed by atoms with Gasteiger partial charge in [0.25, 0.3) is 17.6 Å². The van der Waals surface area contributed by atoms with Gasteiger partial charge >= 0.3 is 0 Å². The first-order chi connectivity index (χ1) is 14.3. The normalized spacial score (nSPS) is 18.1. The van der Waals surface area contributed by atoms with E-state index in [4.69, 9.17) is 0 Å². The third-order valence-corrected chi connectivity index (χ3v) is 5.14. The van der Waals surface area contributed by atoms with Crippen molar-refractivity contribution in [2.45, 2.75) is 25.4 Å². The third kappa shape index (κ3) is 3.45. The van der Waals surface area contributed by atoms with Crippen LogP contribution in [-0.4, -0.2) is 40.4 Å². The van der Waals surface area contributed by atoms with Crippen molar-refractivity contribution in [2.24, 2.45) is 0 Å². The molecule has 0 radical (unpaired) electrons. The van der Waals surface area contributed by atoms with Gasteiger partial charge in [-0.3, -0.25) is 29.3 Å². The minimum Gasteiger partial charge on any atom is -0.322 e. The lowest BCUT2D eigenvalue weighted by molar-refractivity contribution is -0.137. The van der Waals surface area contributed by atoms with Gasteiger partial charge in [-0.15, -0.1) is 0 Å². The summed E-state index contributed by atoms with van der Waals surface area (Å²) in [5, 5.41) is 4.73. The van der Waals surface area contributed by atoms with E-state index >= 15 is 0 Å². The lowest BCUT2D eigenvalue weighted by Gasteiger charge is -2.29. The van der Waals surface area contributed by atoms with Crippen molar-refractivity contribution in [2.75, 3.05) is 5.32 Å². The van der Waals surface area contributed by atoms with Crippen molar-refractivity contribution >= 4 is 35.1 Å². The van der Waals surface area contributed by atoms with E-state index in [9.17, 15) is 28.4 Å². The minimum absolute atomic E-state index is 0.0303. The molecule has 2 aliphatic heterocycles. The highest BCUT2D eigenvalue weighted by atomic mass is 19.1. The number of amides is 4. The fourth-order valence-electron chi connectivity index (χ4n) is 3.61. The number of hydrogen-bond acceptors (Lipinski definition) is 5. The Kier molecular flexibility index (Phi) is 4.86. The first-order valence-electron chi connectivity index (χ1n) is 9.23. The summed E-state index contributed by atoms with van der Waals surface area (Å²) in [6, 6.07) is 8.47. The number of rotatable bonds is 4. The zero-order valence-electron chi connectivity index (χ0n) is 15.6. The molecule has 1 unspecified atom stereocenters. The van der Waals surface area contributed by atoms with Crippen LogP contribution in [0.15, 0.2) is 42.5 Å². The van der Waals surface area contributed by atoms with Crippen LogP contribution in [0, 0.1) is 5.82 Å². The van der Waals surface area contributed by atoms with Crippen LogP contribution in [0.2, 0.25) is 0 Å². The number of fused-ring (bicyclic) bond motifs is 1. The quantitative estimate of drug-likeness (QED) is 0.450. The molecule has 0 aromatic heterocycles. The van der Waals surface area contributed by atoms with Crippen LogP contribution in [0.5, 0.6) is 0 Å². The van der Waals surface area contributed by atoms with Gasteiger partial charge in [0.2, 0.25) is 11.8 Å². The second kappa shape index (κ2) is 7.51. The summed E-state index contributed by atoms with van der Waals surface area (Å²) in [6.07, 6.45) is 0.349. The van der Waals surface area contributed by atoms with Gasteiger partial charge in [0.05, 0.1) is 0 Å². The van der Waals surface area contributed by atoms with E-state index in [1.54, 1.807) is 18.2 Å². The van der Waals surface area contributed by atoms with Gasteiger partial charge in [-0.25, -0.2) is 4.39 Å². The average Bonchev–Trinajstić information content (AvgIpc) is 3.05. The van der Waals surface area contributed by atoms with Crippen LogP contribution in [0.1, 0.15) is 39.1 Å². The number of halogens is 1. The largest absolute Gasteiger partial charge is 0.322 e. The van der Waals surface area contributed by atoms with Gasteiger partial charge in [-0.2, -0.15) is 0 Å². The Bertz CT molecular complexity index is 1100. The van der Waals surface area contributed by atoms with Gasteiger partial charge in [0, 0.05) is 35.3 Å². The van der Waals surface area contributed by atoms with Crippen molar-refractivity contribution in [3.05, 3.63) is 65.0 Å². The summed E-state index contributed by atoms with van der Waals surface area (Å²) >= 11 is 0. The van der Waals surface area contributed by atoms with Gasteiger partial charge in [-0.05, 0) is 42.8 Å². The summed E-state index contributed by atoms with van der Waals surface area (Å²) in [4.78, 5) is 62.4. The number of imide groups is 1. The van der Waals surface area contributed by atoms with E-state index in [2.05, 4.69) is 10.6 Å². The molecule has 2 heterocycles. The number of carbonyl (C=O) groups is 5. The number of benzene rings is 2. The van der Waals surface area contributed by atoms with Crippen LogP contribution in [-0.2, 0) is 20.9 Å². The molecule has 2 aromatic rings. The van der Waals surface area contributed by atoms with E-state index in [1.165, 1.54) is 17.0 Å². The molecule has 152 valence electrons. The van der Waals surface area contributed by atoms with Crippen LogP contribution in [0.25, 0.3) is 0 Å². The molecule has 1 atom stereocenters. The molecule has 2 aliphatic rings. The van der Waals surface area contributed by atoms with Gasteiger partial charge in [0.15, 0.2) is 0 Å². The number of carbonyl (C=O) groups excluding carboxylic acids is 5. The van der Waals surface area contributed by atoms with Gasteiger partial charge in [-0.1, -0.05) is 6.07 Å². The Morgan fingerprint density at radius 1 is 1.07 bits per heavy atom. The number of anilines is 1. The van der Waals surface area contributed by atoms with E-state index in [-0.39, 0.29) is 42.5 Å². The third-order valence-electron chi connectivity index (χ3n) is 5.14. The highest BCUT2D eigenvalue weighted by Crippen LogP contribution is 2.32. The van der Waals surface area contributed by atoms with Crippen LogP contribution in [0.3, 0.4) is 0 Å². The molecule has 4 rings (SSSR count). The molecule has 30 heavy (non-hydrogen) atoms. The Morgan fingerprint density at radius 2 is 1.80 bits per heavy atom. The Labute approximate surface area is 170 Å². The molecule has 1 fully saturated rings. The smallest absolute Gasteiger partial charge is 0.296 e. The lowest BCUT2D eigenvalue weighted by Crippen LogP contribution is -2.52. The topological polar surface area (TPSA) is 113 Å². The second-order valence-corrected chi connectivity index (χ2v) is 7.02. The Morgan fingerprint density at radius 3 is 2.50 bits per heavy atom. The Balaban J connectivity index is 1.55. The van der Waals surface area contributed by atoms with Crippen molar-refractivity contribution in [3.8, 4) is 0 Å². The second-order valence-electron chi connectivity index (χ2n) is 7.02. The Hall–Kier alpha value is -3.88. The summed E-state index contributed by atoms with van der Waals surface area (Å²) < 4.78 is 13.0. The van der Waals surface area contributed by atoms with Crippen molar-refractivity contribution in [3.63, 3.8) is 0 Å².